The number of aryl methyl sites for hydroxylation is 1. The maximum atomic E-state index is 12.9. The van der Waals surface area contributed by atoms with Gasteiger partial charge in [-0.05, 0) is 49.2 Å². The fourth-order valence-corrected chi connectivity index (χ4v) is 5.09. The van der Waals surface area contributed by atoms with Crippen LogP contribution >= 0.6 is 22.9 Å². The van der Waals surface area contributed by atoms with E-state index in [1.165, 1.54) is 10.4 Å². The lowest BCUT2D eigenvalue weighted by molar-refractivity contribution is 0.0240. The lowest BCUT2D eigenvalue weighted by Gasteiger charge is -2.35. The number of nitrogens with one attached hydrogen (secondary N) is 1. The molecule has 1 amide bonds. The molecule has 1 aliphatic rings. The van der Waals surface area contributed by atoms with Crippen LogP contribution in [0.5, 0.6) is 0 Å². The quantitative estimate of drug-likeness (QED) is 0.553. The number of thiophene rings is 1. The second-order valence-corrected chi connectivity index (χ2v) is 9.11. The van der Waals surface area contributed by atoms with E-state index in [0.29, 0.717) is 18.8 Å². The normalized spacial score (nSPS) is 15.7. The zero-order valence-electron chi connectivity index (χ0n) is 17.2. The average molecular weight is 441 g/mol. The Labute approximate surface area is 186 Å². The second-order valence-electron chi connectivity index (χ2n) is 7.45. The number of halogens is 1. The molecular weight excluding hydrogens is 416 g/mol. The van der Waals surface area contributed by atoms with Gasteiger partial charge in [0, 0.05) is 34.1 Å². The molecule has 1 unspecified atom stereocenters. The first kappa shape index (κ1) is 21.1. The Balaban J connectivity index is 1.76. The summed E-state index contributed by atoms with van der Waals surface area (Å²) in [6, 6.07) is 17.4. The Morgan fingerprint density at radius 1 is 1.07 bits per heavy atom. The van der Waals surface area contributed by atoms with Crippen LogP contribution in [-0.4, -0.2) is 37.1 Å². The Kier molecular flexibility index (Phi) is 6.54. The fourth-order valence-electron chi connectivity index (χ4n) is 3.87. The number of amides is 1. The van der Waals surface area contributed by atoms with Crippen molar-refractivity contribution in [2.45, 2.75) is 19.9 Å². The summed E-state index contributed by atoms with van der Waals surface area (Å²) in [5.41, 5.74) is 4.19. The van der Waals surface area contributed by atoms with Crippen molar-refractivity contribution in [1.29, 1.82) is 0 Å². The Hall–Kier alpha value is -2.18. The van der Waals surface area contributed by atoms with Crippen LogP contribution in [0, 0.1) is 13.8 Å². The predicted molar refractivity (Wildman–Crippen MR) is 124 cm³/mol. The van der Waals surface area contributed by atoms with E-state index in [1.807, 2.05) is 42.5 Å². The first-order valence-electron chi connectivity index (χ1n) is 10.1. The summed E-state index contributed by atoms with van der Waals surface area (Å²) in [7, 11) is 0. The monoisotopic (exact) mass is 440 g/mol. The van der Waals surface area contributed by atoms with Crippen LogP contribution in [0.4, 0.5) is 5.00 Å². The van der Waals surface area contributed by atoms with Crippen molar-refractivity contribution >= 4 is 33.8 Å². The van der Waals surface area contributed by atoms with Crippen LogP contribution in [-0.2, 0) is 4.74 Å². The Morgan fingerprint density at radius 2 is 1.73 bits per heavy atom. The van der Waals surface area contributed by atoms with Gasteiger partial charge in [-0.25, -0.2) is 0 Å². The van der Waals surface area contributed by atoms with E-state index < -0.39 is 0 Å². The largest absolute Gasteiger partial charge is 0.379 e. The molecule has 1 atom stereocenters. The van der Waals surface area contributed by atoms with Crippen LogP contribution in [0.3, 0.4) is 0 Å². The van der Waals surface area contributed by atoms with Gasteiger partial charge in [-0.1, -0.05) is 41.9 Å². The van der Waals surface area contributed by atoms with Crippen LogP contribution in [0.1, 0.15) is 38.0 Å². The number of morpholine rings is 1. The highest BCUT2D eigenvalue weighted by Crippen LogP contribution is 2.42. The number of hydrogen-bond acceptors (Lipinski definition) is 4. The summed E-state index contributed by atoms with van der Waals surface area (Å²) in [4.78, 5) is 16.6. The Bertz CT molecular complexity index is 1010. The topological polar surface area (TPSA) is 41.6 Å². The molecule has 4 rings (SSSR count). The molecule has 1 fully saturated rings. The molecule has 1 aromatic heterocycles. The number of hydrogen-bond donors (Lipinski definition) is 1. The maximum Gasteiger partial charge on any atom is 0.256 e. The van der Waals surface area contributed by atoms with Crippen molar-refractivity contribution in [3.8, 4) is 0 Å². The van der Waals surface area contributed by atoms with Gasteiger partial charge in [-0.15, -0.1) is 11.3 Å². The number of benzene rings is 2. The number of ether oxygens (including phenoxy) is 1. The highest BCUT2D eigenvalue weighted by molar-refractivity contribution is 7.16. The fraction of sp³-hybridized carbons (Fsp3) is 0.292. The Morgan fingerprint density at radius 3 is 2.40 bits per heavy atom. The van der Waals surface area contributed by atoms with Gasteiger partial charge in [0.15, 0.2) is 0 Å². The molecule has 0 bridgehead atoms. The molecule has 0 saturated carbocycles. The van der Waals surface area contributed by atoms with E-state index >= 15 is 0 Å². The third kappa shape index (κ3) is 4.44. The minimum Gasteiger partial charge on any atom is -0.379 e. The van der Waals surface area contributed by atoms with Gasteiger partial charge in [-0.2, -0.15) is 0 Å². The van der Waals surface area contributed by atoms with Gasteiger partial charge in [0.1, 0.15) is 5.00 Å². The molecule has 0 aliphatic carbocycles. The van der Waals surface area contributed by atoms with Crippen LogP contribution < -0.4 is 5.32 Å². The minimum atomic E-state index is -0.0880. The van der Waals surface area contributed by atoms with Crippen molar-refractivity contribution in [2.24, 2.45) is 0 Å². The van der Waals surface area contributed by atoms with Crippen LogP contribution in [0.25, 0.3) is 0 Å². The highest BCUT2D eigenvalue weighted by Gasteiger charge is 2.30. The smallest absolute Gasteiger partial charge is 0.256 e. The van der Waals surface area contributed by atoms with Crippen molar-refractivity contribution in [1.82, 2.24) is 4.90 Å². The van der Waals surface area contributed by atoms with Crippen LogP contribution in [0.15, 0.2) is 54.6 Å². The van der Waals surface area contributed by atoms with Crippen molar-refractivity contribution in [2.75, 3.05) is 31.6 Å². The molecule has 2 heterocycles. The molecule has 3 aromatic rings. The number of carbonyl (C=O) groups is 1. The average Bonchev–Trinajstić information content (AvgIpc) is 3.04. The molecular formula is C24H25ClN2O2S. The first-order chi connectivity index (χ1) is 14.5. The van der Waals surface area contributed by atoms with Crippen molar-refractivity contribution in [3.63, 3.8) is 0 Å². The van der Waals surface area contributed by atoms with Gasteiger partial charge < -0.3 is 10.1 Å². The standard InChI is InChI=1S/C24H25ClN2O2S/c1-16-17(2)30-24(26-23(28)19-6-4-3-5-7-19)21(16)22(27-12-14-29-15-13-27)18-8-10-20(25)11-9-18/h3-11,22H,12-15H2,1-2H3,(H,26,28). The van der Waals surface area contributed by atoms with Crippen molar-refractivity contribution in [3.05, 3.63) is 86.8 Å². The number of rotatable bonds is 5. The van der Waals surface area contributed by atoms with E-state index in [0.717, 1.165) is 34.2 Å². The van der Waals surface area contributed by atoms with Gasteiger partial charge >= 0.3 is 0 Å². The number of carbonyl (C=O) groups excluding carboxylic acids is 1. The summed E-state index contributed by atoms with van der Waals surface area (Å²) < 4.78 is 5.60. The SMILES string of the molecule is Cc1sc(NC(=O)c2ccccc2)c(C(c2ccc(Cl)cc2)N2CCOCC2)c1C. The third-order valence-electron chi connectivity index (χ3n) is 5.56. The third-order valence-corrected chi connectivity index (χ3v) is 6.96. The summed E-state index contributed by atoms with van der Waals surface area (Å²) in [6.45, 7) is 7.35. The van der Waals surface area contributed by atoms with Gasteiger partial charge in [-0.3, -0.25) is 9.69 Å². The number of anilines is 1. The predicted octanol–water partition coefficient (Wildman–Crippen LogP) is 5.69. The number of nitrogens with zero attached hydrogens (tertiary/aromatic N) is 1. The maximum absolute atomic E-state index is 12.9. The van der Waals surface area contributed by atoms with Crippen molar-refractivity contribution < 1.29 is 9.53 Å². The zero-order chi connectivity index (χ0) is 21.1. The summed E-state index contributed by atoms with van der Waals surface area (Å²) in [5.74, 6) is -0.0880. The van der Waals surface area contributed by atoms with Gasteiger partial charge in [0.05, 0.1) is 19.3 Å². The lowest BCUT2D eigenvalue weighted by atomic mass is 9.94. The molecule has 30 heavy (non-hydrogen) atoms. The summed E-state index contributed by atoms with van der Waals surface area (Å²) >= 11 is 7.80. The summed E-state index contributed by atoms with van der Waals surface area (Å²) in [5, 5.41) is 4.81. The molecule has 0 spiro atoms. The molecule has 6 heteroatoms. The highest BCUT2D eigenvalue weighted by atomic mass is 35.5. The molecule has 1 N–H and O–H groups in total. The lowest BCUT2D eigenvalue weighted by Crippen LogP contribution is -2.39. The van der Waals surface area contributed by atoms with E-state index in [4.69, 9.17) is 16.3 Å². The van der Waals surface area contributed by atoms with E-state index in [9.17, 15) is 4.79 Å². The molecule has 0 radical (unpaired) electrons. The second kappa shape index (κ2) is 9.31. The molecule has 4 nitrogen and oxygen atoms in total. The molecule has 2 aromatic carbocycles. The first-order valence-corrected chi connectivity index (χ1v) is 11.3. The van der Waals surface area contributed by atoms with Gasteiger partial charge in [0.2, 0.25) is 0 Å². The minimum absolute atomic E-state index is 0.0298. The zero-order valence-corrected chi connectivity index (χ0v) is 18.7. The molecule has 156 valence electrons. The summed E-state index contributed by atoms with van der Waals surface area (Å²) in [6.07, 6.45) is 0. The van der Waals surface area contributed by atoms with E-state index in [-0.39, 0.29) is 11.9 Å². The van der Waals surface area contributed by atoms with E-state index in [2.05, 4.69) is 36.2 Å². The molecule has 1 aliphatic heterocycles. The van der Waals surface area contributed by atoms with E-state index in [1.54, 1.807) is 11.3 Å². The molecule has 1 saturated heterocycles. The van der Waals surface area contributed by atoms with Gasteiger partial charge in [0.25, 0.3) is 5.91 Å². The van der Waals surface area contributed by atoms with Crippen LogP contribution in [0.2, 0.25) is 5.02 Å².